The molecule has 1 aliphatic rings. The van der Waals surface area contributed by atoms with Crippen LogP contribution in [0.4, 0.5) is 18.9 Å². The Morgan fingerprint density at radius 3 is 2.74 bits per heavy atom. The van der Waals surface area contributed by atoms with Gasteiger partial charge in [0.25, 0.3) is 0 Å². The first-order valence-electron chi connectivity index (χ1n) is 7.61. The minimum absolute atomic E-state index is 0.0101. The topological polar surface area (TPSA) is 62.1 Å². The summed E-state index contributed by atoms with van der Waals surface area (Å²) in [6, 6.07) is 5.53. The van der Waals surface area contributed by atoms with Crippen molar-refractivity contribution in [1.29, 1.82) is 0 Å². The molecule has 1 aromatic carbocycles. The number of benzene rings is 1. The van der Waals surface area contributed by atoms with E-state index in [2.05, 4.69) is 9.88 Å². The van der Waals surface area contributed by atoms with Gasteiger partial charge in [-0.3, -0.25) is 4.79 Å². The number of halogens is 3. The number of hydrogen-bond donors (Lipinski definition) is 2. The van der Waals surface area contributed by atoms with E-state index in [0.29, 0.717) is 18.3 Å². The lowest BCUT2D eigenvalue weighted by molar-refractivity contribution is -0.136. The molecule has 1 saturated heterocycles. The fourth-order valence-electron chi connectivity index (χ4n) is 3.24. The average molecular weight is 325 g/mol. The first kappa shape index (κ1) is 15.9. The van der Waals surface area contributed by atoms with Gasteiger partial charge in [-0.05, 0) is 37.5 Å². The van der Waals surface area contributed by atoms with E-state index in [1.165, 1.54) is 12.1 Å². The van der Waals surface area contributed by atoms with Crippen LogP contribution in [0.1, 0.15) is 24.8 Å². The highest BCUT2D eigenvalue weighted by molar-refractivity contribution is 5.86. The molecule has 2 aromatic rings. The molecule has 0 saturated carbocycles. The van der Waals surface area contributed by atoms with Gasteiger partial charge in [-0.25, -0.2) is 0 Å². The molecule has 124 valence electrons. The van der Waals surface area contributed by atoms with Crippen molar-refractivity contribution in [2.75, 3.05) is 18.0 Å². The molecule has 2 heterocycles. The number of nitrogens with zero attached hydrogens (tertiary/aromatic N) is 1. The maximum Gasteiger partial charge on any atom is 0.417 e. The fourth-order valence-corrected chi connectivity index (χ4v) is 3.24. The Bertz CT molecular complexity index is 769. The number of aromatic amines is 1. The third-order valence-electron chi connectivity index (χ3n) is 4.36. The molecule has 1 atom stereocenters. The van der Waals surface area contributed by atoms with Crippen LogP contribution < -0.4 is 16.2 Å². The van der Waals surface area contributed by atoms with E-state index >= 15 is 0 Å². The van der Waals surface area contributed by atoms with E-state index in [0.717, 1.165) is 25.8 Å². The van der Waals surface area contributed by atoms with E-state index in [1.807, 2.05) is 0 Å². The van der Waals surface area contributed by atoms with Gasteiger partial charge in [0.2, 0.25) is 5.56 Å². The molecular weight excluding hydrogens is 307 g/mol. The van der Waals surface area contributed by atoms with Crippen LogP contribution in [0.15, 0.2) is 29.1 Å². The molecule has 0 amide bonds. The van der Waals surface area contributed by atoms with Gasteiger partial charge < -0.3 is 15.6 Å². The average Bonchev–Trinajstić information content (AvgIpc) is 2.52. The van der Waals surface area contributed by atoms with Crippen molar-refractivity contribution in [3.05, 3.63) is 40.2 Å². The van der Waals surface area contributed by atoms with Gasteiger partial charge in [0.1, 0.15) is 0 Å². The summed E-state index contributed by atoms with van der Waals surface area (Å²) >= 11 is 0. The summed E-state index contributed by atoms with van der Waals surface area (Å²) in [4.78, 5) is 16.0. The Balaban J connectivity index is 2.14. The molecule has 0 bridgehead atoms. The highest BCUT2D eigenvalue weighted by atomic mass is 19.4. The Morgan fingerprint density at radius 1 is 1.26 bits per heavy atom. The number of fused-ring (bicyclic) bond motifs is 1. The minimum atomic E-state index is -4.57. The summed E-state index contributed by atoms with van der Waals surface area (Å²) in [6.07, 6.45) is -1.56. The summed E-state index contributed by atoms with van der Waals surface area (Å²) in [6.45, 7) is 1.24. The molecule has 3 rings (SSSR count). The quantitative estimate of drug-likeness (QED) is 0.892. The number of hydrogen-bond acceptors (Lipinski definition) is 3. The van der Waals surface area contributed by atoms with Gasteiger partial charge in [0.15, 0.2) is 0 Å². The van der Waals surface area contributed by atoms with E-state index in [-0.39, 0.29) is 16.9 Å². The minimum Gasteiger partial charge on any atom is -0.367 e. The maximum absolute atomic E-state index is 13.2. The molecule has 1 unspecified atom stereocenters. The van der Waals surface area contributed by atoms with Gasteiger partial charge in [-0.15, -0.1) is 0 Å². The zero-order valence-electron chi connectivity index (χ0n) is 12.5. The van der Waals surface area contributed by atoms with Crippen LogP contribution >= 0.6 is 0 Å². The third-order valence-corrected chi connectivity index (χ3v) is 4.36. The number of aromatic nitrogens is 1. The third kappa shape index (κ3) is 3.06. The second kappa shape index (κ2) is 5.88. The van der Waals surface area contributed by atoms with Crippen LogP contribution in [0, 0.1) is 0 Å². The Kier molecular flexibility index (Phi) is 4.06. The van der Waals surface area contributed by atoms with Crippen LogP contribution in [0.5, 0.6) is 0 Å². The monoisotopic (exact) mass is 325 g/mol. The number of anilines is 1. The molecule has 4 nitrogen and oxygen atoms in total. The highest BCUT2D eigenvalue weighted by Crippen LogP contribution is 2.35. The van der Waals surface area contributed by atoms with E-state index < -0.39 is 17.3 Å². The summed E-state index contributed by atoms with van der Waals surface area (Å²) in [5.74, 6) is 0. The predicted octanol–water partition coefficient (Wildman–Crippen LogP) is 2.86. The van der Waals surface area contributed by atoms with Gasteiger partial charge in [0.05, 0.1) is 5.56 Å². The Morgan fingerprint density at radius 2 is 2.04 bits per heavy atom. The number of rotatable bonds is 2. The molecule has 3 N–H and O–H groups in total. The van der Waals surface area contributed by atoms with E-state index in [1.54, 1.807) is 6.07 Å². The molecule has 0 spiro atoms. The fraction of sp³-hybridized carbons (Fsp3) is 0.438. The second-order valence-corrected chi connectivity index (χ2v) is 5.85. The lowest BCUT2D eigenvalue weighted by atomic mass is 10.00. The van der Waals surface area contributed by atoms with Crippen LogP contribution in [0.3, 0.4) is 0 Å². The number of pyridine rings is 1. The first-order valence-corrected chi connectivity index (χ1v) is 7.61. The predicted molar refractivity (Wildman–Crippen MR) is 83.6 cm³/mol. The summed E-state index contributed by atoms with van der Waals surface area (Å²) in [5, 5.41) is 0.0101. The standard InChI is InChI=1S/C16H18F3N3O/c17-16(18,19)13-8-15(23)21-14-5-4-10(7-12(13)14)22-6-2-1-3-11(22)9-20/h4-5,7-8,11H,1-3,6,9,20H2,(H,21,23). The summed E-state index contributed by atoms with van der Waals surface area (Å²) < 4.78 is 39.7. The van der Waals surface area contributed by atoms with Crippen molar-refractivity contribution in [2.45, 2.75) is 31.5 Å². The van der Waals surface area contributed by atoms with Gasteiger partial charge in [0, 0.05) is 41.8 Å². The number of piperidine rings is 1. The molecule has 7 heteroatoms. The van der Waals surface area contributed by atoms with Crippen molar-refractivity contribution in [3.8, 4) is 0 Å². The molecule has 23 heavy (non-hydrogen) atoms. The van der Waals surface area contributed by atoms with Crippen molar-refractivity contribution in [3.63, 3.8) is 0 Å². The molecule has 0 aliphatic carbocycles. The summed E-state index contributed by atoms with van der Waals surface area (Å²) in [7, 11) is 0. The lowest BCUT2D eigenvalue weighted by Crippen LogP contribution is -2.44. The van der Waals surface area contributed by atoms with Crippen molar-refractivity contribution in [1.82, 2.24) is 4.98 Å². The van der Waals surface area contributed by atoms with Crippen molar-refractivity contribution >= 4 is 16.6 Å². The van der Waals surface area contributed by atoms with E-state index in [4.69, 9.17) is 5.73 Å². The molecule has 1 aliphatic heterocycles. The Hall–Kier alpha value is -2.02. The molecule has 0 radical (unpaired) electrons. The van der Waals surface area contributed by atoms with Crippen LogP contribution in [0.2, 0.25) is 0 Å². The normalized spacial score (nSPS) is 19.3. The SMILES string of the molecule is NCC1CCCCN1c1ccc2[nH]c(=O)cc(C(F)(F)F)c2c1. The van der Waals surface area contributed by atoms with E-state index in [9.17, 15) is 18.0 Å². The molecular formula is C16H18F3N3O. The maximum atomic E-state index is 13.2. The second-order valence-electron chi connectivity index (χ2n) is 5.85. The zero-order chi connectivity index (χ0) is 16.6. The molecule has 1 fully saturated rings. The van der Waals surface area contributed by atoms with Crippen LogP contribution in [0.25, 0.3) is 10.9 Å². The smallest absolute Gasteiger partial charge is 0.367 e. The number of nitrogens with two attached hydrogens (primary N) is 1. The highest BCUT2D eigenvalue weighted by Gasteiger charge is 2.33. The van der Waals surface area contributed by atoms with Crippen LogP contribution in [-0.4, -0.2) is 24.1 Å². The van der Waals surface area contributed by atoms with Gasteiger partial charge >= 0.3 is 6.18 Å². The summed E-state index contributed by atoms with van der Waals surface area (Å²) in [5.41, 5.74) is 5.04. The van der Waals surface area contributed by atoms with Gasteiger partial charge in [-0.2, -0.15) is 13.2 Å². The first-order chi connectivity index (χ1) is 10.9. The van der Waals surface area contributed by atoms with Crippen molar-refractivity contribution < 1.29 is 13.2 Å². The zero-order valence-corrected chi connectivity index (χ0v) is 12.5. The Labute approximate surface area is 131 Å². The lowest BCUT2D eigenvalue weighted by Gasteiger charge is -2.37. The number of nitrogens with one attached hydrogen (secondary N) is 1. The van der Waals surface area contributed by atoms with Gasteiger partial charge in [-0.1, -0.05) is 0 Å². The number of alkyl halides is 3. The van der Waals surface area contributed by atoms with Crippen molar-refractivity contribution in [2.24, 2.45) is 5.73 Å². The largest absolute Gasteiger partial charge is 0.417 e. The molecule has 1 aromatic heterocycles. The number of H-pyrrole nitrogens is 1. The van der Waals surface area contributed by atoms with Crippen LogP contribution in [-0.2, 0) is 6.18 Å².